The summed E-state index contributed by atoms with van der Waals surface area (Å²) in [5, 5.41) is 17.2. The maximum atomic E-state index is 12.0. The number of carboxylic acid groups (broad SMARTS) is 1. The van der Waals surface area contributed by atoms with Gasteiger partial charge in [-0.3, -0.25) is 9.59 Å². The largest absolute Gasteiger partial charge is 0.481 e. The van der Waals surface area contributed by atoms with E-state index in [4.69, 9.17) is 0 Å². The Labute approximate surface area is 129 Å². The highest BCUT2D eigenvalue weighted by atomic mass is 32.1. The van der Waals surface area contributed by atoms with Crippen LogP contribution < -0.4 is 10.6 Å². The summed E-state index contributed by atoms with van der Waals surface area (Å²) >= 11 is 1.59. The van der Waals surface area contributed by atoms with Gasteiger partial charge in [0.25, 0.3) is 0 Å². The van der Waals surface area contributed by atoms with Gasteiger partial charge in [0.15, 0.2) is 0 Å². The number of carbonyl (C=O) groups excluding carboxylic acids is 1. The second kappa shape index (κ2) is 6.58. The number of hydrogen-bond donors (Lipinski definition) is 3. The van der Waals surface area contributed by atoms with E-state index in [9.17, 15) is 14.7 Å². The van der Waals surface area contributed by atoms with E-state index >= 15 is 0 Å². The first-order valence-corrected chi connectivity index (χ1v) is 7.77. The first kappa shape index (κ1) is 17.7. The molecule has 1 unspecified atom stereocenters. The smallest absolute Gasteiger partial charge is 0.310 e. The lowest BCUT2D eigenvalue weighted by Gasteiger charge is -2.39. The highest BCUT2D eigenvalue weighted by Crippen LogP contribution is 2.30. The standard InChI is InChI=1S/C15H24N2O3S/c1-10(11-7-6-8-21-11)17-12(18)9-16-15(4,5)14(2,3)13(19)20/h6-8,10,16H,9H2,1-5H3,(H,17,18)(H,19,20). The van der Waals surface area contributed by atoms with E-state index in [0.29, 0.717) is 0 Å². The molecule has 21 heavy (non-hydrogen) atoms. The van der Waals surface area contributed by atoms with Crippen molar-refractivity contribution < 1.29 is 14.7 Å². The predicted octanol–water partition coefficient (Wildman–Crippen LogP) is 2.40. The lowest BCUT2D eigenvalue weighted by Crippen LogP contribution is -2.57. The zero-order chi connectivity index (χ0) is 16.3. The molecule has 3 N–H and O–H groups in total. The van der Waals surface area contributed by atoms with E-state index in [2.05, 4.69) is 10.6 Å². The summed E-state index contributed by atoms with van der Waals surface area (Å²) in [6, 6.07) is 3.87. The van der Waals surface area contributed by atoms with Crippen LogP contribution in [-0.2, 0) is 9.59 Å². The van der Waals surface area contributed by atoms with Crippen LogP contribution in [0.15, 0.2) is 17.5 Å². The van der Waals surface area contributed by atoms with Crippen LogP contribution >= 0.6 is 11.3 Å². The van der Waals surface area contributed by atoms with Crippen LogP contribution in [0.4, 0.5) is 0 Å². The number of nitrogens with one attached hydrogen (secondary N) is 2. The number of carboxylic acids is 1. The van der Waals surface area contributed by atoms with E-state index in [1.54, 1.807) is 39.0 Å². The van der Waals surface area contributed by atoms with Crippen LogP contribution in [0.3, 0.4) is 0 Å². The Morgan fingerprint density at radius 2 is 1.95 bits per heavy atom. The van der Waals surface area contributed by atoms with Gasteiger partial charge in [0.2, 0.25) is 5.91 Å². The summed E-state index contributed by atoms with van der Waals surface area (Å²) in [5.41, 5.74) is -1.69. The summed E-state index contributed by atoms with van der Waals surface area (Å²) in [7, 11) is 0. The van der Waals surface area contributed by atoms with Crippen LogP contribution in [0.1, 0.15) is 45.5 Å². The molecule has 0 aliphatic rings. The van der Waals surface area contributed by atoms with Crippen LogP contribution in [0.25, 0.3) is 0 Å². The highest BCUT2D eigenvalue weighted by molar-refractivity contribution is 7.10. The molecule has 5 nitrogen and oxygen atoms in total. The van der Waals surface area contributed by atoms with Gasteiger partial charge >= 0.3 is 5.97 Å². The highest BCUT2D eigenvalue weighted by Gasteiger charge is 2.43. The number of hydrogen-bond acceptors (Lipinski definition) is 4. The third-order valence-corrected chi connectivity index (χ3v) is 5.19. The van der Waals surface area contributed by atoms with Gasteiger partial charge in [-0.2, -0.15) is 0 Å². The molecule has 118 valence electrons. The van der Waals surface area contributed by atoms with Crippen molar-refractivity contribution in [2.45, 2.75) is 46.2 Å². The second-order valence-corrected chi connectivity index (χ2v) is 7.19. The molecule has 0 saturated carbocycles. The van der Waals surface area contributed by atoms with Crippen molar-refractivity contribution in [3.8, 4) is 0 Å². The van der Waals surface area contributed by atoms with E-state index in [1.807, 2.05) is 24.4 Å². The van der Waals surface area contributed by atoms with Crippen LogP contribution in [-0.4, -0.2) is 29.1 Å². The number of thiophene rings is 1. The molecule has 1 heterocycles. The minimum absolute atomic E-state index is 0.0464. The Balaban J connectivity index is 2.55. The summed E-state index contributed by atoms with van der Waals surface area (Å²) in [4.78, 5) is 24.4. The molecule has 0 fully saturated rings. The first-order valence-electron chi connectivity index (χ1n) is 6.89. The van der Waals surface area contributed by atoms with Gasteiger partial charge in [0, 0.05) is 10.4 Å². The van der Waals surface area contributed by atoms with Crippen molar-refractivity contribution in [2.75, 3.05) is 6.54 Å². The second-order valence-electron chi connectivity index (χ2n) is 6.21. The molecule has 0 aromatic carbocycles. The van der Waals surface area contributed by atoms with Gasteiger partial charge in [-0.05, 0) is 46.1 Å². The minimum Gasteiger partial charge on any atom is -0.481 e. The van der Waals surface area contributed by atoms with Crippen LogP contribution in [0.2, 0.25) is 0 Å². The van der Waals surface area contributed by atoms with E-state index in [-0.39, 0.29) is 18.5 Å². The molecule has 1 aromatic heterocycles. The molecular weight excluding hydrogens is 288 g/mol. The zero-order valence-corrected chi connectivity index (χ0v) is 14.0. The Bertz CT molecular complexity index is 495. The van der Waals surface area contributed by atoms with Crippen LogP contribution in [0, 0.1) is 5.41 Å². The summed E-state index contributed by atoms with van der Waals surface area (Å²) in [5.74, 6) is -1.04. The third-order valence-electron chi connectivity index (χ3n) is 4.14. The van der Waals surface area contributed by atoms with E-state index in [1.165, 1.54) is 0 Å². The Morgan fingerprint density at radius 1 is 1.33 bits per heavy atom. The molecular formula is C15H24N2O3S. The lowest BCUT2D eigenvalue weighted by atomic mass is 9.74. The maximum Gasteiger partial charge on any atom is 0.310 e. The zero-order valence-electron chi connectivity index (χ0n) is 13.2. The van der Waals surface area contributed by atoms with Crippen LogP contribution in [0.5, 0.6) is 0 Å². The molecule has 0 radical (unpaired) electrons. The van der Waals surface area contributed by atoms with Gasteiger partial charge in [0.1, 0.15) is 0 Å². The minimum atomic E-state index is -0.980. The fourth-order valence-corrected chi connectivity index (χ4v) is 2.43. The maximum absolute atomic E-state index is 12.0. The molecule has 6 heteroatoms. The van der Waals surface area contributed by atoms with Gasteiger partial charge in [-0.1, -0.05) is 6.07 Å². The van der Waals surface area contributed by atoms with Crippen molar-refractivity contribution >= 4 is 23.2 Å². The summed E-state index contributed by atoms with van der Waals surface area (Å²) in [6.45, 7) is 8.88. The number of amides is 1. The van der Waals surface area contributed by atoms with Gasteiger partial charge in [-0.25, -0.2) is 0 Å². The van der Waals surface area contributed by atoms with Gasteiger partial charge in [0.05, 0.1) is 18.0 Å². The number of rotatable bonds is 7. The number of carbonyl (C=O) groups is 2. The Hall–Kier alpha value is -1.40. The molecule has 1 atom stereocenters. The quantitative estimate of drug-likeness (QED) is 0.722. The first-order chi connectivity index (χ1) is 9.58. The summed E-state index contributed by atoms with van der Waals surface area (Å²) in [6.07, 6.45) is 0. The summed E-state index contributed by atoms with van der Waals surface area (Å²) < 4.78 is 0. The van der Waals surface area contributed by atoms with Crippen molar-refractivity contribution in [2.24, 2.45) is 5.41 Å². The van der Waals surface area contributed by atoms with E-state index in [0.717, 1.165) is 4.88 Å². The number of aliphatic carboxylic acids is 1. The molecule has 0 spiro atoms. The van der Waals surface area contributed by atoms with Crippen molar-refractivity contribution in [3.63, 3.8) is 0 Å². The molecule has 1 amide bonds. The van der Waals surface area contributed by atoms with Crippen molar-refractivity contribution in [3.05, 3.63) is 22.4 Å². The van der Waals surface area contributed by atoms with Gasteiger partial charge < -0.3 is 15.7 Å². The molecule has 1 rings (SSSR count). The molecule has 0 aliphatic carbocycles. The Morgan fingerprint density at radius 3 is 2.43 bits per heavy atom. The normalized spacial score (nSPS) is 13.8. The lowest BCUT2D eigenvalue weighted by molar-refractivity contribution is -0.151. The molecule has 0 saturated heterocycles. The van der Waals surface area contributed by atoms with Gasteiger partial charge in [-0.15, -0.1) is 11.3 Å². The average molecular weight is 312 g/mol. The average Bonchev–Trinajstić information content (AvgIpc) is 2.90. The van der Waals surface area contributed by atoms with Crippen molar-refractivity contribution in [1.29, 1.82) is 0 Å². The SMILES string of the molecule is CC(NC(=O)CNC(C)(C)C(C)(C)C(=O)O)c1cccs1. The predicted molar refractivity (Wildman–Crippen MR) is 84.4 cm³/mol. The topological polar surface area (TPSA) is 78.4 Å². The fraction of sp³-hybridized carbons (Fsp3) is 0.600. The third kappa shape index (κ3) is 4.28. The Kier molecular flexibility index (Phi) is 5.53. The fourth-order valence-electron chi connectivity index (χ4n) is 1.69. The monoisotopic (exact) mass is 312 g/mol. The van der Waals surface area contributed by atoms with Crippen molar-refractivity contribution in [1.82, 2.24) is 10.6 Å². The molecule has 0 bridgehead atoms. The van der Waals surface area contributed by atoms with E-state index < -0.39 is 16.9 Å². The molecule has 0 aliphatic heterocycles. The molecule has 1 aromatic rings.